The largest absolute Gasteiger partial charge is 0.494 e. The van der Waals surface area contributed by atoms with E-state index in [9.17, 15) is 29.2 Å². The number of benzene rings is 3. The smallest absolute Gasteiger partial charge is 0.226 e. The molecule has 0 radical (unpaired) electrons. The lowest BCUT2D eigenvalue weighted by Crippen LogP contribution is -2.46. The fourth-order valence-electron chi connectivity index (χ4n) is 8.33. The highest BCUT2D eigenvalue weighted by molar-refractivity contribution is 6.01. The van der Waals surface area contributed by atoms with E-state index < -0.39 is 41.5 Å². The van der Waals surface area contributed by atoms with E-state index >= 15 is 0 Å². The summed E-state index contributed by atoms with van der Waals surface area (Å²) < 4.78 is 18.1. The van der Waals surface area contributed by atoms with Crippen molar-refractivity contribution >= 4 is 29.2 Å². The summed E-state index contributed by atoms with van der Waals surface area (Å²) in [5.41, 5.74) is 21.9. The van der Waals surface area contributed by atoms with E-state index in [0.29, 0.717) is 69.1 Å². The lowest BCUT2D eigenvalue weighted by molar-refractivity contribution is -0.142. The summed E-state index contributed by atoms with van der Waals surface area (Å²) in [6.07, 6.45) is 0.503. The van der Waals surface area contributed by atoms with Gasteiger partial charge in [-0.2, -0.15) is 5.26 Å². The first kappa shape index (κ1) is 52.4. The Morgan fingerprint density at radius 3 is 2.07 bits per heavy atom. The lowest BCUT2D eigenvalue weighted by atomic mass is 9.88. The number of aromatic nitrogens is 2. The van der Waals surface area contributed by atoms with Crippen LogP contribution in [0.1, 0.15) is 98.2 Å². The van der Waals surface area contributed by atoms with Crippen LogP contribution in [0, 0.1) is 42.9 Å². The molecule has 1 aromatic heterocycles. The Kier molecular flexibility index (Phi) is 19.3. The van der Waals surface area contributed by atoms with Crippen LogP contribution in [-0.2, 0) is 25.6 Å². The maximum atomic E-state index is 14.8. The molecule has 0 spiro atoms. The van der Waals surface area contributed by atoms with Crippen LogP contribution in [-0.4, -0.2) is 96.6 Å². The standard InChI is InChI=1S/C52H66N8O8/c1-31(2)18-23-66-39-13-10-36(11-14-39)50-57-33(4)48(34(5)58-50)44(62)30-38(17-20-54)52(65)60(6)49-37-12-16-47(68-25-22-56)41(29-37)40-27-35(9-15-46(40)67-24-21-55)28-42(43(61)8-7-19-53)59-51(64)32(3)26-45(49)63/h9-16,27,29,31-32,38,42,49H,7-8,17-18,20-26,28,30,54-56H2,1-6H3,(H,59,64)/t32-,38-,42+,49+/m1/s1. The van der Waals surface area contributed by atoms with Gasteiger partial charge in [0.2, 0.25) is 11.8 Å². The minimum absolute atomic E-state index is 0.0343. The van der Waals surface area contributed by atoms with Gasteiger partial charge in [-0.1, -0.05) is 32.9 Å². The van der Waals surface area contributed by atoms with Crippen LogP contribution in [0.4, 0.5) is 0 Å². The number of nitriles is 1. The summed E-state index contributed by atoms with van der Waals surface area (Å²) >= 11 is 0. The highest BCUT2D eigenvalue weighted by Gasteiger charge is 2.36. The van der Waals surface area contributed by atoms with Crippen LogP contribution in [0.15, 0.2) is 60.7 Å². The predicted octanol–water partition coefficient (Wildman–Crippen LogP) is 5.77. The van der Waals surface area contributed by atoms with Crippen molar-refractivity contribution in [2.75, 3.05) is 46.5 Å². The molecule has 2 heterocycles. The number of nitrogens with two attached hydrogens (primary N) is 3. The first-order valence-electron chi connectivity index (χ1n) is 23.3. The number of hydrogen-bond acceptors (Lipinski definition) is 14. The topological polar surface area (TPSA) is 256 Å². The average Bonchev–Trinajstić information content (AvgIpc) is 3.31. The molecule has 1 aliphatic heterocycles. The van der Waals surface area contributed by atoms with Gasteiger partial charge in [-0.25, -0.2) is 9.97 Å². The third-order valence-corrected chi connectivity index (χ3v) is 11.9. The number of fused-ring (bicyclic) bond motifs is 5. The molecular weight excluding hydrogens is 865 g/mol. The van der Waals surface area contributed by atoms with Gasteiger partial charge in [-0.3, -0.25) is 24.0 Å². The molecule has 16 nitrogen and oxygen atoms in total. The number of ether oxygens (including phenoxy) is 3. The number of rotatable bonds is 21. The Labute approximate surface area is 399 Å². The van der Waals surface area contributed by atoms with E-state index in [0.717, 1.165) is 17.7 Å². The Bertz CT molecular complexity index is 2450. The molecule has 7 N–H and O–H groups in total. The first-order valence-corrected chi connectivity index (χ1v) is 23.3. The number of nitrogens with one attached hydrogen (secondary N) is 1. The van der Waals surface area contributed by atoms with Crippen LogP contribution < -0.4 is 36.7 Å². The van der Waals surface area contributed by atoms with Gasteiger partial charge in [0.15, 0.2) is 23.2 Å². The molecule has 3 aromatic carbocycles. The molecule has 0 aliphatic carbocycles. The molecule has 2 amide bonds. The second-order valence-corrected chi connectivity index (χ2v) is 17.7. The zero-order chi connectivity index (χ0) is 49.5. The number of carbonyl (C=O) groups is 5. The van der Waals surface area contributed by atoms with E-state index in [1.165, 1.54) is 11.9 Å². The number of ketones is 3. The van der Waals surface area contributed by atoms with E-state index in [1.807, 2.05) is 36.4 Å². The van der Waals surface area contributed by atoms with Crippen LogP contribution in [0.3, 0.4) is 0 Å². The van der Waals surface area contributed by atoms with Crippen LogP contribution in [0.2, 0.25) is 0 Å². The summed E-state index contributed by atoms with van der Waals surface area (Å²) in [5.74, 6) is -1.52. The predicted molar refractivity (Wildman–Crippen MR) is 259 cm³/mol. The zero-order valence-electron chi connectivity index (χ0n) is 40.1. The molecule has 0 saturated heterocycles. The van der Waals surface area contributed by atoms with Crippen molar-refractivity contribution in [2.45, 2.75) is 91.6 Å². The highest BCUT2D eigenvalue weighted by atomic mass is 16.5. The molecule has 5 rings (SSSR count). The Morgan fingerprint density at radius 2 is 1.47 bits per heavy atom. The Hall–Kier alpha value is -6.54. The van der Waals surface area contributed by atoms with Gasteiger partial charge in [-0.15, -0.1) is 0 Å². The molecule has 0 fully saturated rings. The van der Waals surface area contributed by atoms with Gasteiger partial charge >= 0.3 is 0 Å². The molecule has 68 heavy (non-hydrogen) atoms. The third-order valence-electron chi connectivity index (χ3n) is 11.9. The van der Waals surface area contributed by atoms with Gasteiger partial charge in [-0.05, 0) is 105 Å². The Balaban J connectivity index is 1.53. The van der Waals surface area contributed by atoms with Gasteiger partial charge < -0.3 is 41.6 Å². The minimum Gasteiger partial charge on any atom is -0.494 e. The number of nitrogens with zero attached hydrogens (tertiary/aromatic N) is 4. The maximum Gasteiger partial charge on any atom is 0.226 e. The van der Waals surface area contributed by atoms with E-state index in [4.69, 9.17) is 41.4 Å². The monoisotopic (exact) mass is 931 g/mol. The van der Waals surface area contributed by atoms with Crippen molar-refractivity contribution < 1.29 is 38.2 Å². The average molecular weight is 931 g/mol. The second kappa shape index (κ2) is 25.0. The first-order chi connectivity index (χ1) is 32.6. The van der Waals surface area contributed by atoms with Gasteiger partial charge in [0.1, 0.15) is 36.5 Å². The molecule has 16 heteroatoms. The van der Waals surface area contributed by atoms with Crippen molar-refractivity contribution in [3.05, 3.63) is 88.7 Å². The van der Waals surface area contributed by atoms with Crippen LogP contribution >= 0.6 is 0 Å². The van der Waals surface area contributed by atoms with Gasteiger partial charge in [0.05, 0.1) is 35.7 Å². The molecule has 362 valence electrons. The van der Waals surface area contributed by atoms with Crippen molar-refractivity contribution in [1.82, 2.24) is 20.2 Å². The molecule has 0 saturated carbocycles. The second-order valence-electron chi connectivity index (χ2n) is 17.7. The lowest BCUT2D eigenvalue weighted by Gasteiger charge is -2.32. The third kappa shape index (κ3) is 13.6. The van der Waals surface area contributed by atoms with Crippen molar-refractivity contribution in [1.29, 1.82) is 5.26 Å². The van der Waals surface area contributed by atoms with Crippen molar-refractivity contribution in [2.24, 2.45) is 35.0 Å². The quantitative estimate of drug-likeness (QED) is 0.0724. The number of hydrogen-bond donors (Lipinski definition) is 4. The summed E-state index contributed by atoms with van der Waals surface area (Å²) in [7, 11) is 1.50. The highest BCUT2D eigenvalue weighted by Crippen LogP contribution is 2.41. The number of amides is 2. The molecule has 4 aromatic rings. The fourth-order valence-corrected chi connectivity index (χ4v) is 8.33. The Morgan fingerprint density at radius 1 is 0.838 bits per heavy atom. The number of Topliss-reactive ketones (excluding diaryl/α,β-unsaturated/α-hetero) is 3. The minimum atomic E-state index is -1.25. The molecule has 4 bridgehead atoms. The summed E-state index contributed by atoms with van der Waals surface area (Å²) in [5, 5.41) is 12.1. The molecule has 0 unspecified atom stereocenters. The zero-order valence-corrected chi connectivity index (χ0v) is 40.1. The van der Waals surface area contributed by atoms with Crippen molar-refractivity contribution in [3.63, 3.8) is 0 Å². The number of likely N-dealkylation sites (N-methyl/N-ethyl adjacent to an activating group) is 1. The van der Waals surface area contributed by atoms with Crippen LogP contribution in [0.25, 0.3) is 22.5 Å². The normalized spacial score (nSPS) is 16.5. The van der Waals surface area contributed by atoms with E-state index in [-0.39, 0.29) is 82.9 Å². The van der Waals surface area contributed by atoms with Crippen molar-refractivity contribution in [3.8, 4) is 45.8 Å². The van der Waals surface area contributed by atoms with Gasteiger partial charge in [0, 0.05) is 74.3 Å². The summed E-state index contributed by atoms with van der Waals surface area (Å²) in [6.45, 7) is 10.8. The molecular formula is C52H66N8O8. The van der Waals surface area contributed by atoms with E-state index in [2.05, 4.69) is 19.2 Å². The van der Waals surface area contributed by atoms with Gasteiger partial charge in [0.25, 0.3) is 0 Å². The molecule has 1 aliphatic rings. The number of carbonyl (C=O) groups excluding carboxylic acids is 5. The molecule has 4 atom stereocenters. The fraction of sp³-hybridized carbons (Fsp3) is 0.462. The summed E-state index contributed by atoms with van der Waals surface area (Å²) in [6, 6.07) is 17.7. The maximum absolute atomic E-state index is 14.8. The number of aryl methyl sites for hydroxylation is 2. The SMILES string of the molecule is Cc1nc(-c2ccc(OCCC(C)C)cc2)nc(C)c1C(=O)C[C@@H](CCN)C(=O)N(C)[C@@H]1C(=O)C[C@@H](C)C(=O)N[C@H](C(=O)CCC#N)Cc2ccc(OCCN)c(c2)-c2cc1ccc2OCCN. The van der Waals surface area contributed by atoms with Crippen LogP contribution in [0.5, 0.6) is 17.2 Å². The van der Waals surface area contributed by atoms with E-state index in [1.54, 1.807) is 51.1 Å². The summed E-state index contributed by atoms with van der Waals surface area (Å²) in [4.78, 5) is 81.9.